The second-order valence-electron chi connectivity index (χ2n) is 13.2. The fourth-order valence-electron chi connectivity index (χ4n) is 8.13. The lowest BCUT2D eigenvalue weighted by atomic mass is 9.55. The number of fused-ring (bicyclic) bond motifs is 1. The fourth-order valence-corrected chi connectivity index (χ4v) is 8.13. The molecule has 0 unspecified atom stereocenters. The number of para-hydroxylation sites is 1. The number of ether oxygens (including phenoxy) is 1. The lowest BCUT2D eigenvalue weighted by Crippen LogP contribution is -2.56. The van der Waals surface area contributed by atoms with Crippen molar-refractivity contribution in [3.05, 3.63) is 71.4 Å². The van der Waals surface area contributed by atoms with Gasteiger partial charge in [-0.25, -0.2) is 4.79 Å². The summed E-state index contributed by atoms with van der Waals surface area (Å²) in [5.41, 5.74) is 3.54. The van der Waals surface area contributed by atoms with Crippen molar-refractivity contribution in [1.82, 2.24) is 20.9 Å². The quantitative estimate of drug-likeness (QED) is 0.206. The molecule has 1 aromatic heterocycles. The Hall–Kier alpha value is -4.34. The molecule has 45 heavy (non-hydrogen) atoms. The summed E-state index contributed by atoms with van der Waals surface area (Å²) in [4.78, 5) is 55.1. The van der Waals surface area contributed by atoms with Crippen molar-refractivity contribution in [2.24, 2.45) is 23.7 Å². The molecule has 4 bridgehead atoms. The number of benzene rings is 2. The summed E-state index contributed by atoms with van der Waals surface area (Å²) in [6, 6.07) is 15.1. The van der Waals surface area contributed by atoms with Crippen LogP contribution in [0.2, 0.25) is 0 Å². The number of aromatic nitrogens is 1. The molecule has 10 nitrogen and oxygen atoms in total. The monoisotopic (exact) mass is 614 g/mol. The first kappa shape index (κ1) is 30.7. The van der Waals surface area contributed by atoms with Crippen molar-refractivity contribution in [1.29, 1.82) is 0 Å². The van der Waals surface area contributed by atoms with E-state index in [1.807, 2.05) is 61.5 Å². The average molecular weight is 615 g/mol. The first-order valence-corrected chi connectivity index (χ1v) is 16.1. The lowest BCUT2D eigenvalue weighted by Gasteiger charge is -2.53. The molecule has 2 atom stereocenters. The Labute approximate surface area is 262 Å². The number of carboxylic acids is 1. The number of amides is 3. The van der Waals surface area contributed by atoms with Crippen molar-refractivity contribution in [2.45, 2.75) is 76.5 Å². The normalized spacial score (nSPS) is 24.5. The molecule has 1 heterocycles. The highest BCUT2D eigenvalue weighted by Crippen LogP contribution is 2.54. The highest BCUT2D eigenvalue weighted by molar-refractivity contribution is 5.93. The number of hydrogen-bond donors (Lipinski definition) is 5. The minimum Gasteiger partial charge on any atom is -0.481 e. The minimum atomic E-state index is -1.03. The summed E-state index contributed by atoms with van der Waals surface area (Å²) < 4.78 is 6.10. The average Bonchev–Trinajstić information content (AvgIpc) is 3.32. The summed E-state index contributed by atoms with van der Waals surface area (Å²) in [6.45, 7) is 1.87. The molecule has 0 aliphatic heterocycles. The minimum absolute atomic E-state index is 0.0662. The summed E-state index contributed by atoms with van der Waals surface area (Å²) in [6.07, 6.45) is 5.09. The van der Waals surface area contributed by atoms with E-state index in [4.69, 9.17) is 9.84 Å². The Kier molecular flexibility index (Phi) is 9.09. The second kappa shape index (κ2) is 13.3. The first-order valence-electron chi connectivity index (χ1n) is 16.1. The van der Waals surface area contributed by atoms with E-state index in [1.165, 1.54) is 6.42 Å². The van der Waals surface area contributed by atoms with E-state index in [0.717, 1.165) is 65.2 Å². The number of alkyl carbamates (subject to hydrolysis) is 1. The molecular formula is C35H42N4O6. The maximum Gasteiger partial charge on any atom is 0.408 e. The fraction of sp³-hybridized carbons (Fsp3) is 0.486. The maximum absolute atomic E-state index is 14.0. The third-order valence-electron chi connectivity index (χ3n) is 9.98. The molecule has 4 aliphatic carbocycles. The highest BCUT2D eigenvalue weighted by Gasteiger charge is 2.50. The zero-order valence-corrected chi connectivity index (χ0v) is 25.6. The molecule has 0 radical (unpaired) electrons. The van der Waals surface area contributed by atoms with Gasteiger partial charge in [-0.1, -0.05) is 48.5 Å². The predicted octanol–water partition coefficient (Wildman–Crippen LogP) is 4.26. The molecule has 7 rings (SSSR count). The standard InChI is InChI=1S/C35H42N4O6/c1-20-27(26-9-5-6-10-28(26)37-20)19-30(39-35(44)45-32-24-14-22-13-23(16-24)17-25(32)15-22)34(43)38-29(18-21-7-3-2-4-8-21)33(42)36-12-11-31(40)41/h2-10,22-25,29-30,32,37H,11-19H2,1H3,(H,36,42)(H,38,43)(H,39,44)(H,40,41)/t22?,23?,24?,25?,29-,30+,32?/m0/s1. The van der Waals surface area contributed by atoms with Crippen LogP contribution in [0.4, 0.5) is 4.79 Å². The van der Waals surface area contributed by atoms with Crippen LogP contribution >= 0.6 is 0 Å². The van der Waals surface area contributed by atoms with Gasteiger partial charge < -0.3 is 30.8 Å². The number of rotatable bonds is 12. The van der Waals surface area contributed by atoms with Crippen LogP contribution in [0.1, 0.15) is 55.3 Å². The van der Waals surface area contributed by atoms with Gasteiger partial charge >= 0.3 is 12.1 Å². The van der Waals surface area contributed by atoms with E-state index in [1.54, 1.807) is 0 Å². The molecule has 10 heteroatoms. The van der Waals surface area contributed by atoms with Crippen molar-refractivity contribution in [3.8, 4) is 0 Å². The summed E-state index contributed by atoms with van der Waals surface area (Å²) in [5, 5.41) is 18.4. The number of H-pyrrole nitrogens is 1. The molecule has 0 spiro atoms. The highest BCUT2D eigenvalue weighted by atomic mass is 16.6. The van der Waals surface area contributed by atoms with E-state index in [9.17, 15) is 19.2 Å². The first-order chi connectivity index (χ1) is 21.7. The molecule has 5 N–H and O–H groups in total. The molecule has 3 aromatic rings. The summed E-state index contributed by atoms with van der Waals surface area (Å²) in [5.74, 6) is 0.182. The van der Waals surface area contributed by atoms with Crippen LogP contribution in [0.25, 0.3) is 10.9 Å². The van der Waals surface area contributed by atoms with Crippen molar-refractivity contribution in [3.63, 3.8) is 0 Å². The Balaban J connectivity index is 1.21. The van der Waals surface area contributed by atoms with Crippen LogP contribution < -0.4 is 16.0 Å². The van der Waals surface area contributed by atoms with Gasteiger partial charge in [-0.3, -0.25) is 14.4 Å². The summed E-state index contributed by atoms with van der Waals surface area (Å²) >= 11 is 0. The summed E-state index contributed by atoms with van der Waals surface area (Å²) in [7, 11) is 0. The molecule has 0 saturated heterocycles. The third-order valence-corrected chi connectivity index (χ3v) is 9.98. The third kappa shape index (κ3) is 7.16. The number of carboxylic acid groups (broad SMARTS) is 1. The van der Waals surface area contributed by atoms with Crippen LogP contribution in [0.3, 0.4) is 0 Å². The second-order valence-corrected chi connectivity index (χ2v) is 13.2. The SMILES string of the molecule is Cc1[nH]c2ccccc2c1C[C@@H](NC(=O)OC1C2CC3CC(C2)CC1C3)C(=O)N[C@@H](Cc1ccccc1)C(=O)NCCC(=O)O. The van der Waals surface area contributed by atoms with Gasteiger partial charge in [0.05, 0.1) is 6.42 Å². The van der Waals surface area contributed by atoms with Gasteiger partial charge in [0, 0.05) is 36.0 Å². The van der Waals surface area contributed by atoms with Gasteiger partial charge in [-0.05, 0) is 79.9 Å². The molecule has 238 valence electrons. The number of hydrogen-bond acceptors (Lipinski definition) is 5. The van der Waals surface area contributed by atoms with Gasteiger partial charge in [0.25, 0.3) is 0 Å². The lowest BCUT2D eigenvalue weighted by molar-refractivity contribution is -0.137. The molecule has 2 aromatic carbocycles. The van der Waals surface area contributed by atoms with Crippen LogP contribution in [0.15, 0.2) is 54.6 Å². The Morgan fingerprint density at radius 3 is 2.18 bits per heavy atom. The number of carbonyl (C=O) groups is 4. The zero-order valence-electron chi connectivity index (χ0n) is 25.6. The van der Waals surface area contributed by atoms with Crippen LogP contribution in [0.5, 0.6) is 0 Å². The smallest absolute Gasteiger partial charge is 0.408 e. The molecule has 3 amide bonds. The Bertz CT molecular complexity index is 1520. The van der Waals surface area contributed by atoms with Crippen LogP contribution in [-0.4, -0.2) is 58.7 Å². The van der Waals surface area contributed by atoms with E-state index in [-0.39, 0.29) is 31.9 Å². The molecule has 4 fully saturated rings. The van der Waals surface area contributed by atoms with Gasteiger partial charge in [-0.2, -0.15) is 0 Å². The Morgan fingerprint density at radius 2 is 1.49 bits per heavy atom. The molecular weight excluding hydrogens is 572 g/mol. The number of aryl methyl sites for hydroxylation is 1. The van der Waals surface area contributed by atoms with Gasteiger partial charge in [0.1, 0.15) is 18.2 Å². The molecule has 4 saturated carbocycles. The number of carbonyl (C=O) groups excluding carboxylic acids is 3. The topological polar surface area (TPSA) is 150 Å². The maximum atomic E-state index is 14.0. The van der Waals surface area contributed by atoms with Crippen molar-refractivity contribution in [2.75, 3.05) is 6.54 Å². The van der Waals surface area contributed by atoms with Gasteiger partial charge in [0.2, 0.25) is 11.8 Å². The molecule has 4 aliphatic rings. The number of aromatic amines is 1. The van der Waals surface area contributed by atoms with Crippen molar-refractivity contribution < 1.29 is 29.0 Å². The van der Waals surface area contributed by atoms with Gasteiger partial charge in [-0.15, -0.1) is 0 Å². The van der Waals surface area contributed by atoms with E-state index in [0.29, 0.717) is 11.8 Å². The number of aliphatic carboxylic acids is 1. The van der Waals surface area contributed by atoms with E-state index < -0.39 is 36.0 Å². The largest absolute Gasteiger partial charge is 0.481 e. The van der Waals surface area contributed by atoms with Gasteiger partial charge in [0.15, 0.2) is 0 Å². The Morgan fingerprint density at radius 1 is 0.844 bits per heavy atom. The van der Waals surface area contributed by atoms with E-state index >= 15 is 0 Å². The van der Waals surface area contributed by atoms with Crippen LogP contribution in [-0.2, 0) is 32.0 Å². The predicted molar refractivity (Wildman–Crippen MR) is 168 cm³/mol. The zero-order chi connectivity index (χ0) is 31.5. The number of nitrogens with one attached hydrogen (secondary N) is 4. The van der Waals surface area contributed by atoms with Crippen LogP contribution in [0, 0.1) is 30.6 Å². The van der Waals surface area contributed by atoms with E-state index in [2.05, 4.69) is 20.9 Å². The van der Waals surface area contributed by atoms with Crippen molar-refractivity contribution >= 4 is 34.8 Å².